The van der Waals surface area contributed by atoms with Crippen molar-refractivity contribution in [3.05, 3.63) is 94.6 Å². The molecule has 0 saturated heterocycles. The van der Waals surface area contributed by atoms with E-state index < -0.39 is 23.3 Å². The van der Waals surface area contributed by atoms with Crippen molar-refractivity contribution >= 4 is 0 Å². The van der Waals surface area contributed by atoms with Crippen LogP contribution >= 0.6 is 0 Å². The largest absolute Gasteiger partial charge is 0.206 e. The molecule has 29 heavy (non-hydrogen) atoms. The first-order valence-corrected chi connectivity index (χ1v) is 9.53. The molecule has 0 heterocycles. The molecule has 0 fully saturated rings. The second-order valence-electron chi connectivity index (χ2n) is 6.85. The van der Waals surface area contributed by atoms with Gasteiger partial charge in [0, 0.05) is 5.56 Å². The van der Waals surface area contributed by atoms with Crippen molar-refractivity contribution in [3.8, 4) is 23.0 Å². The van der Waals surface area contributed by atoms with E-state index in [9.17, 15) is 17.6 Å². The van der Waals surface area contributed by atoms with Gasteiger partial charge in [0.2, 0.25) is 0 Å². The lowest BCUT2D eigenvalue weighted by Gasteiger charge is -2.04. The molecule has 3 aromatic rings. The molecule has 4 heteroatoms. The van der Waals surface area contributed by atoms with E-state index in [0.29, 0.717) is 28.7 Å². The number of benzene rings is 3. The van der Waals surface area contributed by atoms with Crippen LogP contribution in [0.1, 0.15) is 42.9 Å². The van der Waals surface area contributed by atoms with Crippen molar-refractivity contribution in [2.24, 2.45) is 0 Å². The lowest BCUT2D eigenvalue weighted by atomic mass is 10.0. The van der Waals surface area contributed by atoms with Crippen molar-refractivity contribution in [2.75, 3.05) is 0 Å². The van der Waals surface area contributed by atoms with E-state index in [4.69, 9.17) is 0 Å². The maximum atomic E-state index is 14.3. The van der Waals surface area contributed by atoms with E-state index >= 15 is 0 Å². The van der Waals surface area contributed by atoms with E-state index in [0.717, 1.165) is 31.4 Å². The summed E-state index contributed by atoms with van der Waals surface area (Å²) in [5, 5.41) is 0. The van der Waals surface area contributed by atoms with E-state index in [2.05, 4.69) is 18.8 Å². The minimum absolute atomic E-state index is 0.256. The van der Waals surface area contributed by atoms with Gasteiger partial charge >= 0.3 is 0 Å². The maximum Gasteiger partial charge on any atom is 0.159 e. The van der Waals surface area contributed by atoms with Crippen molar-refractivity contribution in [1.82, 2.24) is 0 Å². The minimum Gasteiger partial charge on any atom is -0.206 e. The van der Waals surface area contributed by atoms with E-state index in [1.165, 1.54) is 18.2 Å². The van der Waals surface area contributed by atoms with Crippen LogP contribution in [0.25, 0.3) is 11.1 Å². The second-order valence-corrected chi connectivity index (χ2v) is 6.85. The molecule has 0 spiro atoms. The molecule has 0 amide bonds. The Morgan fingerprint density at radius 1 is 0.655 bits per heavy atom. The van der Waals surface area contributed by atoms with Gasteiger partial charge in [-0.1, -0.05) is 49.8 Å². The molecule has 0 aliphatic carbocycles. The lowest BCUT2D eigenvalue weighted by molar-refractivity contribution is 0.509. The molecule has 0 aromatic heterocycles. The van der Waals surface area contributed by atoms with Gasteiger partial charge in [-0.05, 0) is 65.9 Å². The standard InChI is InChI=1S/C25H20F4/c1-2-3-4-5-18-14-23(27)21(24(28)15-18)12-8-17-6-9-19(10-7-17)20-11-13-22(26)25(29)16-20/h6-7,9-11,13-16H,2-5H2,1H3. The van der Waals surface area contributed by atoms with Gasteiger partial charge in [-0.2, -0.15) is 0 Å². The Balaban J connectivity index is 1.78. The van der Waals surface area contributed by atoms with Crippen LogP contribution in [-0.4, -0.2) is 0 Å². The fourth-order valence-electron chi connectivity index (χ4n) is 3.02. The maximum absolute atomic E-state index is 14.3. The Labute approximate surface area is 168 Å². The molecule has 0 saturated carbocycles. The average molecular weight is 396 g/mol. The zero-order valence-electron chi connectivity index (χ0n) is 16.0. The predicted octanol–water partition coefficient (Wildman–Crippen LogP) is 7.04. The highest BCUT2D eigenvalue weighted by Crippen LogP contribution is 2.22. The first-order chi connectivity index (χ1) is 14.0. The Morgan fingerprint density at radius 2 is 1.31 bits per heavy atom. The fourth-order valence-corrected chi connectivity index (χ4v) is 3.02. The summed E-state index contributed by atoms with van der Waals surface area (Å²) >= 11 is 0. The number of hydrogen-bond donors (Lipinski definition) is 0. The zero-order chi connectivity index (χ0) is 20.8. The van der Waals surface area contributed by atoms with Crippen LogP contribution in [0.5, 0.6) is 0 Å². The monoisotopic (exact) mass is 396 g/mol. The molecular formula is C25H20F4. The first-order valence-electron chi connectivity index (χ1n) is 9.53. The van der Waals surface area contributed by atoms with Gasteiger partial charge in [0.1, 0.15) is 11.6 Å². The highest BCUT2D eigenvalue weighted by molar-refractivity contribution is 5.64. The van der Waals surface area contributed by atoms with Crippen LogP contribution in [0.15, 0.2) is 54.6 Å². The topological polar surface area (TPSA) is 0 Å². The molecule has 3 rings (SSSR count). The summed E-state index contributed by atoms with van der Waals surface area (Å²) in [4.78, 5) is 0. The van der Waals surface area contributed by atoms with Gasteiger partial charge in [-0.15, -0.1) is 0 Å². The third-order valence-electron chi connectivity index (χ3n) is 4.64. The third kappa shape index (κ3) is 5.26. The van der Waals surface area contributed by atoms with Gasteiger partial charge in [0.25, 0.3) is 0 Å². The summed E-state index contributed by atoms with van der Waals surface area (Å²) < 4.78 is 55.0. The average Bonchev–Trinajstić information content (AvgIpc) is 2.70. The number of hydrogen-bond acceptors (Lipinski definition) is 0. The quantitative estimate of drug-likeness (QED) is 0.246. The zero-order valence-corrected chi connectivity index (χ0v) is 16.0. The van der Waals surface area contributed by atoms with Gasteiger partial charge < -0.3 is 0 Å². The Morgan fingerprint density at radius 3 is 1.93 bits per heavy atom. The third-order valence-corrected chi connectivity index (χ3v) is 4.64. The van der Waals surface area contributed by atoms with Crippen molar-refractivity contribution in [3.63, 3.8) is 0 Å². The summed E-state index contributed by atoms with van der Waals surface area (Å²) in [6.45, 7) is 2.07. The van der Waals surface area contributed by atoms with Gasteiger partial charge in [-0.25, -0.2) is 17.6 Å². The molecule has 148 valence electrons. The molecule has 0 bridgehead atoms. The Hall–Kier alpha value is -3.06. The summed E-state index contributed by atoms with van der Waals surface area (Å²) in [6, 6.07) is 13.1. The number of halogens is 4. The van der Waals surface area contributed by atoms with Crippen LogP contribution in [0.2, 0.25) is 0 Å². The van der Waals surface area contributed by atoms with E-state index in [1.807, 2.05) is 0 Å². The molecule has 3 aromatic carbocycles. The number of aryl methyl sites for hydroxylation is 1. The van der Waals surface area contributed by atoms with Crippen LogP contribution < -0.4 is 0 Å². The Bertz CT molecular complexity index is 1030. The number of rotatable bonds is 5. The SMILES string of the molecule is CCCCCc1cc(F)c(C#Cc2ccc(-c3ccc(F)c(F)c3)cc2)c(F)c1. The van der Waals surface area contributed by atoms with Crippen LogP contribution in [0.4, 0.5) is 17.6 Å². The van der Waals surface area contributed by atoms with Crippen molar-refractivity contribution < 1.29 is 17.6 Å². The van der Waals surface area contributed by atoms with Crippen LogP contribution in [0, 0.1) is 35.1 Å². The van der Waals surface area contributed by atoms with Crippen LogP contribution in [-0.2, 0) is 6.42 Å². The molecule has 0 nitrogen and oxygen atoms in total. The van der Waals surface area contributed by atoms with E-state index in [-0.39, 0.29) is 5.56 Å². The highest BCUT2D eigenvalue weighted by atomic mass is 19.2. The van der Waals surface area contributed by atoms with Crippen molar-refractivity contribution in [1.29, 1.82) is 0 Å². The minimum atomic E-state index is -0.921. The molecule has 0 N–H and O–H groups in total. The molecule has 0 radical (unpaired) electrons. The molecule has 0 aliphatic rings. The fraction of sp³-hybridized carbons (Fsp3) is 0.200. The summed E-state index contributed by atoms with van der Waals surface area (Å²) in [5.41, 5.74) is 2.15. The van der Waals surface area contributed by atoms with E-state index in [1.54, 1.807) is 24.3 Å². The number of unbranched alkanes of at least 4 members (excludes halogenated alkanes) is 2. The second kappa shape index (κ2) is 9.43. The van der Waals surface area contributed by atoms with Gasteiger partial charge in [0.05, 0.1) is 5.56 Å². The summed E-state index contributed by atoms with van der Waals surface area (Å²) in [6.07, 6.45) is 3.60. The molecular weight excluding hydrogens is 376 g/mol. The van der Waals surface area contributed by atoms with Crippen LogP contribution in [0.3, 0.4) is 0 Å². The lowest BCUT2D eigenvalue weighted by Crippen LogP contribution is -1.95. The summed E-state index contributed by atoms with van der Waals surface area (Å²) in [5.74, 6) is 2.15. The molecule has 0 atom stereocenters. The normalized spacial score (nSPS) is 10.5. The first kappa shape index (κ1) is 20.7. The highest BCUT2D eigenvalue weighted by Gasteiger charge is 2.09. The predicted molar refractivity (Wildman–Crippen MR) is 107 cm³/mol. The smallest absolute Gasteiger partial charge is 0.159 e. The van der Waals surface area contributed by atoms with Gasteiger partial charge in [0.15, 0.2) is 11.6 Å². The molecule has 0 aliphatic heterocycles. The van der Waals surface area contributed by atoms with Gasteiger partial charge in [-0.3, -0.25) is 0 Å². The van der Waals surface area contributed by atoms with Crippen molar-refractivity contribution in [2.45, 2.75) is 32.6 Å². The Kier molecular flexibility index (Phi) is 6.72. The molecule has 0 unspecified atom stereocenters. The summed E-state index contributed by atoms with van der Waals surface area (Å²) in [7, 11) is 0.